The SMILES string of the molecule is CCCOc1ccc(C2/C(=C(\O)c3ccncc3)C(=O)C(=O)N2c2nc3ccc(Cl)cc3s2)cc1. The summed E-state index contributed by atoms with van der Waals surface area (Å²) < 4.78 is 6.47. The number of aliphatic hydroxyl groups is 1. The van der Waals surface area contributed by atoms with Crippen LogP contribution in [0.3, 0.4) is 0 Å². The highest BCUT2D eigenvalue weighted by atomic mass is 35.5. The minimum atomic E-state index is -0.876. The molecule has 0 bridgehead atoms. The maximum absolute atomic E-state index is 13.3. The summed E-state index contributed by atoms with van der Waals surface area (Å²) in [5, 5.41) is 12.0. The van der Waals surface area contributed by atoms with E-state index in [0.717, 1.165) is 11.1 Å². The molecule has 3 heterocycles. The van der Waals surface area contributed by atoms with Gasteiger partial charge in [-0.1, -0.05) is 42.0 Å². The Kier molecular flexibility index (Phi) is 6.23. The van der Waals surface area contributed by atoms with Gasteiger partial charge >= 0.3 is 5.91 Å². The van der Waals surface area contributed by atoms with Crippen LogP contribution in [0.2, 0.25) is 5.02 Å². The van der Waals surface area contributed by atoms with E-state index in [9.17, 15) is 14.7 Å². The molecule has 5 rings (SSSR count). The number of aromatic nitrogens is 2. The highest BCUT2D eigenvalue weighted by Gasteiger charge is 2.48. The standard InChI is InChI=1S/C26H20ClN3O4S/c1-2-13-34-18-6-3-15(4-7-18)22-21(23(31)16-9-11-28-12-10-16)24(32)25(33)30(22)26-29-19-8-5-17(27)14-20(19)35-26/h3-12,14,22,31H,2,13H2,1H3/b23-21+. The average molecular weight is 506 g/mol. The Labute approximate surface area is 210 Å². The van der Waals surface area contributed by atoms with Gasteiger partial charge in [0, 0.05) is 23.0 Å². The molecule has 1 saturated heterocycles. The number of fused-ring (bicyclic) bond motifs is 1. The van der Waals surface area contributed by atoms with Crippen molar-refractivity contribution < 1.29 is 19.4 Å². The Morgan fingerprint density at radius 2 is 1.86 bits per heavy atom. The van der Waals surface area contributed by atoms with Crippen molar-refractivity contribution in [2.45, 2.75) is 19.4 Å². The fourth-order valence-electron chi connectivity index (χ4n) is 3.97. The van der Waals surface area contributed by atoms with Crippen molar-refractivity contribution in [2.75, 3.05) is 11.5 Å². The van der Waals surface area contributed by atoms with Gasteiger partial charge < -0.3 is 9.84 Å². The summed E-state index contributed by atoms with van der Waals surface area (Å²) in [6.45, 7) is 2.60. The number of carbonyl (C=O) groups is 2. The molecule has 1 aliphatic rings. The molecule has 0 saturated carbocycles. The van der Waals surface area contributed by atoms with Crippen LogP contribution in [0.5, 0.6) is 5.75 Å². The van der Waals surface area contributed by atoms with Crippen molar-refractivity contribution in [2.24, 2.45) is 0 Å². The fourth-order valence-corrected chi connectivity index (χ4v) is 5.23. The molecule has 1 atom stereocenters. The van der Waals surface area contributed by atoms with Crippen LogP contribution in [-0.4, -0.2) is 33.4 Å². The zero-order valence-corrected chi connectivity index (χ0v) is 20.2. The minimum Gasteiger partial charge on any atom is -0.507 e. The lowest BCUT2D eigenvalue weighted by Crippen LogP contribution is -2.29. The van der Waals surface area contributed by atoms with Crippen molar-refractivity contribution in [3.63, 3.8) is 0 Å². The number of ketones is 1. The molecule has 2 aromatic carbocycles. The van der Waals surface area contributed by atoms with Gasteiger partial charge in [-0.25, -0.2) is 4.98 Å². The zero-order valence-electron chi connectivity index (χ0n) is 18.6. The molecule has 4 aromatic rings. The van der Waals surface area contributed by atoms with E-state index in [-0.39, 0.29) is 11.3 Å². The number of rotatable bonds is 6. The number of thiazole rings is 1. The van der Waals surface area contributed by atoms with Crippen molar-refractivity contribution >= 4 is 55.7 Å². The van der Waals surface area contributed by atoms with Crippen LogP contribution in [0.1, 0.15) is 30.5 Å². The number of ether oxygens (including phenoxy) is 1. The Bertz CT molecular complexity index is 1450. The molecule has 2 aromatic heterocycles. The molecule has 0 aliphatic carbocycles. The topological polar surface area (TPSA) is 92.6 Å². The quantitative estimate of drug-likeness (QED) is 0.203. The van der Waals surface area contributed by atoms with Gasteiger partial charge in [-0.2, -0.15) is 0 Å². The molecule has 1 aliphatic heterocycles. The minimum absolute atomic E-state index is 0.0132. The van der Waals surface area contributed by atoms with E-state index >= 15 is 0 Å². The average Bonchev–Trinajstić information content (AvgIpc) is 3.40. The smallest absolute Gasteiger partial charge is 0.301 e. The number of hydrogen-bond donors (Lipinski definition) is 1. The van der Waals surface area contributed by atoms with Crippen LogP contribution >= 0.6 is 22.9 Å². The summed E-state index contributed by atoms with van der Waals surface area (Å²) in [6.07, 6.45) is 3.89. The van der Waals surface area contributed by atoms with Gasteiger partial charge in [0.1, 0.15) is 11.5 Å². The number of pyridine rings is 1. The third-order valence-corrected chi connectivity index (χ3v) is 6.86. The predicted molar refractivity (Wildman–Crippen MR) is 136 cm³/mol. The summed E-state index contributed by atoms with van der Waals surface area (Å²) in [5.41, 5.74) is 1.68. The molecule has 1 amide bonds. The summed E-state index contributed by atoms with van der Waals surface area (Å²) in [5.74, 6) is -1.14. The lowest BCUT2D eigenvalue weighted by molar-refractivity contribution is -0.132. The normalized spacial score (nSPS) is 17.3. The van der Waals surface area contributed by atoms with E-state index in [0.29, 0.717) is 39.2 Å². The van der Waals surface area contributed by atoms with Crippen LogP contribution < -0.4 is 9.64 Å². The summed E-state index contributed by atoms with van der Waals surface area (Å²) >= 11 is 7.39. The lowest BCUT2D eigenvalue weighted by Gasteiger charge is -2.23. The third kappa shape index (κ3) is 4.26. The highest BCUT2D eigenvalue weighted by molar-refractivity contribution is 7.22. The first-order valence-corrected chi connectivity index (χ1v) is 12.2. The number of nitrogens with zero attached hydrogens (tertiary/aromatic N) is 3. The van der Waals surface area contributed by atoms with Gasteiger partial charge in [0.15, 0.2) is 5.13 Å². The van der Waals surface area contributed by atoms with E-state index in [4.69, 9.17) is 16.3 Å². The van der Waals surface area contributed by atoms with Crippen LogP contribution in [0.4, 0.5) is 5.13 Å². The van der Waals surface area contributed by atoms with Gasteiger partial charge in [0.05, 0.1) is 28.4 Å². The number of Topliss-reactive ketones (excluding diaryl/α,β-unsaturated/α-hetero) is 1. The molecular formula is C26H20ClN3O4S. The molecule has 176 valence electrons. The number of hydrogen-bond acceptors (Lipinski definition) is 7. The number of amides is 1. The second-order valence-corrected chi connectivity index (χ2v) is 9.38. The first-order chi connectivity index (χ1) is 17.0. The van der Waals surface area contributed by atoms with Crippen LogP contribution in [0, 0.1) is 0 Å². The molecule has 7 nitrogen and oxygen atoms in total. The second kappa shape index (κ2) is 9.48. The fraction of sp³-hybridized carbons (Fsp3) is 0.154. The first kappa shape index (κ1) is 23.0. The maximum Gasteiger partial charge on any atom is 0.301 e. The van der Waals surface area contributed by atoms with Crippen molar-refractivity contribution in [1.29, 1.82) is 0 Å². The van der Waals surface area contributed by atoms with E-state index in [2.05, 4.69) is 9.97 Å². The van der Waals surface area contributed by atoms with Gasteiger partial charge in [-0.3, -0.25) is 19.5 Å². The molecule has 1 fully saturated rings. The molecule has 9 heteroatoms. The van der Waals surface area contributed by atoms with Crippen LogP contribution in [0.15, 0.2) is 72.6 Å². The highest BCUT2D eigenvalue weighted by Crippen LogP contribution is 2.44. The zero-order chi connectivity index (χ0) is 24.5. The van der Waals surface area contributed by atoms with E-state index in [1.807, 2.05) is 6.92 Å². The Morgan fingerprint density at radius 3 is 2.57 bits per heavy atom. The Balaban J connectivity index is 1.67. The number of carbonyl (C=O) groups excluding carboxylic acids is 2. The second-order valence-electron chi connectivity index (χ2n) is 7.93. The summed E-state index contributed by atoms with van der Waals surface area (Å²) in [7, 11) is 0. The van der Waals surface area contributed by atoms with E-state index in [1.165, 1.54) is 28.6 Å². The predicted octanol–water partition coefficient (Wildman–Crippen LogP) is 5.76. The number of benzene rings is 2. The Morgan fingerprint density at radius 1 is 1.11 bits per heavy atom. The molecule has 0 spiro atoms. The number of halogens is 1. The van der Waals surface area contributed by atoms with Crippen molar-refractivity contribution in [1.82, 2.24) is 9.97 Å². The van der Waals surface area contributed by atoms with Gasteiger partial charge in [-0.15, -0.1) is 0 Å². The van der Waals surface area contributed by atoms with Gasteiger partial charge in [0.25, 0.3) is 5.78 Å². The first-order valence-electron chi connectivity index (χ1n) is 11.0. The maximum atomic E-state index is 13.3. The van der Waals surface area contributed by atoms with E-state index < -0.39 is 17.7 Å². The van der Waals surface area contributed by atoms with Crippen LogP contribution in [-0.2, 0) is 9.59 Å². The third-order valence-electron chi connectivity index (χ3n) is 5.61. The molecule has 0 radical (unpaired) electrons. The molecule has 1 N–H and O–H groups in total. The molecule has 1 unspecified atom stereocenters. The van der Waals surface area contributed by atoms with Gasteiger partial charge in [0.2, 0.25) is 0 Å². The largest absolute Gasteiger partial charge is 0.507 e. The molecule has 35 heavy (non-hydrogen) atoms. The van der Waals surface area contributed by atoms with Crippen molar-refractivity contribution in [3.8, 4) is 5.75 Å². The van der Waals surface area contributed by atoms with Gasteiger partial charge in [-0.05, 0) is 54.4 Å². The molecular weight excluding hydrogens is 486 g/mol. The van der Waals surface area contributed by atoms with E-state index in [1.54, 1.807) is 54.6 Å². The summed E-state index contributed by atoms with van der Waals surface area (Å²) in [4.78, 5) is 36.5. The van der Waals surface area contributed by atoms with Crippen molar-refractivity contribution in [3.05, 3.63) is 88.7 Å². The monoisotopic (exact) mass is 505 g/mol. The lowest BCUT2D eigenvalue weighted by atomic mass is 9.95. The van der Waals surface area contributed by atoms with Crippen LogP contribution in [0.25, 0.3) is 16.0 Å². The number of aliphatic hydroxyl groups excluding tert-OH is 1. The number of anilines is 1. The Hall–Kier alpha value is -3.75. The summed E-state index contributed by atoms with van der Waals surface area (Å²) in [6, 6.07) is 14.7.